The molecule has 0 aromatic heterocycles. The Balaban J connectivity index is 1.44. The standard InChI is InChI=1S/C20H24F2N2O2/c21-20(22)10-8-16(20)23-17(25)15-7-4-9-19(15)11-12-24(13-19)18(26)14-5-2-1-3-6-14/h1-3,5-6,15-16H,4,7-13H2,(H,23,25)/t15-,16+,19-/m0/s1. The first-order chi connectivity index (χ1) is 12.4. The predicted molar refractivity (Wildman–Crippen MR) is 92.8 cm³/mol. The number of hydrogen-bond donors (Lipinski definition) is 1. The van der Waals surface area contributed by atoms with Crippen molar-refractivity contribution in [3.8, 4) is 0 Å². The first-order valence-electron chi connectivity index (χ1n) is 9.44. The van der Waals surface area contributed by atoms with Gasteiger partial charge < -0.3 is 10.2 Å². The third kappa shape index (κ3) is 2.89. The van der Waals surface area contributed by atoms with E-state index in [-0.39, 0.29) is 29.6 Å². The number of halogens is 2. The Morgan fingerprint density at radius 2 is 1.85 bits per heavy atom. The lowest BCUT2D eigenvalue weighted by Gasteiger charge is -2.39. The van der Waals surface area contributed by atoms with Crippen LogP contribution in [0.5, 0.6) is 0 Å². The van der Waals surface area contributed by atoms with Gasteiger partial charge in [-0.2, -0.15) is 0 Å². The summed E-state index contributed by atoms with van der Waals surface area (Å²) in [5, 5.41) is 2.58. The average Bonchev–Trinajstić information content (AvgIpc) is 3.26. The van der Waals surface area contributed by atoms with Crippen molar-refractivity contribution in [2.45, 2.75) is 50.5 Å². The molecule has 1 heterocycles. The van der Waals surface area contributed by atoms with E-state index in [1.54, 1.807) is 12.1 Å². The predicted octanol–water partition coefficient (Wildman–Crippen LogP) is 3.23. The Hall–Kier alpha value is -1.98. The van der Waals surface area contributed by atoms with Gasteiger partial charge in [-0.1, -0.05) is 24.6 Å². The Morgan fingerprint density at radius 1 is 1.08 bits per heavy atom. The number of carbonyl (C=O) groups excluding carboxylic acids is 2. The third-order valence-electron chi connectivity index (χ3n) is 6.51. The Kier molecular flexibility index (Phi) is 4.24. The second-order valence-electron chi connectivity index (χ2n) is 8.01. The SMILES string of the molecule is O=C(N[C@@H]1CCC1(F)F)[C@@H]1CCC[C@@]12CCN(C(=O)c1ccccc1)C2. The van der Waals surface area contributed by atoms with E-state index in [4.69, 9.17) is 0 Å². The van der Waals surface area contributed by atoms with Crippen LogP contribution in [0, 0.1) is 11.3 Å². The molecule has 1 saturated heterocycles. The van der Waals surface area contributed by atoms with Crippen molar-refractivity contribution in [2.75, 3.05) is 13.1 Å². The molecule has 1 aromatic rings. The number of benzene rings is 1. The molecule has 3 atom stereocenters. The van der Waals surface area contributed by atoms with E-state index in [1.807, 2.05) is 23.1 Å². The number of likely N-dealkylation sites (tertiary alicyclic amines) is 1. The lowest BCUT2D eigenvalue weighted by atomic mass is 9.76. The molecule has 2 aliphatic carbocycles. The number of rotatable bonds is 3. The first kappa shape index (κ1) is 17.4. The highest BCUT2D eigenvalue weighted by Crippen LogP contribution is 2.50. The van der Waals surface area contributed by atoms with Crippen molar-refractivity contribution < 1.29 is 18.4 Å². The van der Waals surface area contributed by atoms with Crippen LogP contribution in [0.2, 0.25) is 0 Å². The van der Waals surface area contributed by atoms with E-state index in [0.717, 1.165) is 25.7 Å². The van der Waals surface area contributed by atoms with E-state index >= 15 is 0 Å². The second-order valence-corrected chi connectivity index (χ2v) is 8.01. The van der Waals surface area contributed by atoms with Gasteiger partial charge in [0.1, 0.15) is 0 Å². The molecule has 0 radical (unpaired) electrons. The molecule has 6 heteroatoms. The minimum atomic E-state index is -2.77. The van der Waals surface area contributed by atoms with Gasteiger partial charge in [-0.3, -0.25) is 9.59 Å². The van der Waals surface area contributed by atoms with E-state index in [0.29, 0.717) is 25.1 Å². The first-order valence-corrected chi connectivity index (χ1v) is 9.44. The third-order valence-corrected chi connectivity index (χ3v) is 6.51. The fourth-order valence-electron chi connectivity index (χ4n) is 4.83. The van der Waals surface area contributed by atoms with Gasteiger partial charge in [-0.15, -0.1) is 0 Å². The average molecular weight is 362 g/mol. The number of hydrogen-bond acceptors (Lipinski definition) is 2. The summed E-state index contributed by atoms with van der Waals surface area (Å²) < 4.78 is 27.0. The van der Waals surface area contributed by atoms with Crippen molar-refractivity contribution >= 4 is 11.8 Å². The highest BCUT2D eigenvalue weighted by atomic mass is 19.3. The summed E-state index contributed by atoms with van der Waals surface area (Å²) in [6.45, 7) is 1.16. The monoisotopic (exact) mass is 362 g/mol. The molecule has 4 rings (SSSR count). The van der Waals surface area contributed by atoms with Crippen LogP contribution >= 0.6 is 0 Å². The van der Waals surface area contributed by atoms with Crippen LogP contribution in [0.1, 0.15) is 48.9 Å². The maximum atomic E-state index is 13.5. The molecule has 26 heavy (non-hydrogen) atoms. The molecule has 140 valence electrons. The number of carbonyl (C=O) groups is 2. The molecule has 2 amide bonds. The number of nitrogens with one attached hydrogen (secondary N) is 1. The summed E-state index contributed by atoms with van der Waals surface area (Å²) in [7, 11) is 0. The molecule has 1 N–H and O–H groups in total. The zero-order valence-corrected chi connectivity index (χ0v) is 14.7. The van der Waals surface area contributed by atoms with Gasteiger partial charge in [0.05, 0.1) is 6.04 Å². The van der Waals surface area contributed by atoms with Crippen molar-refractivity contribution in [2.24, 2.45) is 11.3 Å². The van der Waals surface area contributed by atoms with Crippen molar-refractivity contribution in [3.05, 3.63) is 35.9 Å². The number of alkyl halides is 2. The summed E-state index contributed by atoms with van der Waals surface area (Å²) in [5.74, 6) is -3.31. The van der Waals surface area contributed by atoms with Crippen molar-refractivity contribution in [1.82, 2.24) is 10.2 Å². The summed E-state index contributed by atoms with van der Waals surface area (Å²) in [5.41, 5.74) is 0.394. The van der Waals surface area contributed by atoms with Crippen LogP contribution in [0.4, 0.5) is 8.78 Å². The zero-order valence-electron chi connectivity index (χ0n) is 14.7. The maximum Gasteiger partial charge on any atom is 0.267 e. The van der Waals surface area contributed by atoms with E-state index < -0.39 is 12.0 Å². The largest absolute Gasteiger partial charge is 0.347 e. The minimum absolute atomic E-state index is 0.0148. The quantitative estimate of drug-likeness (QED) is 0.897. The molecule has 0 unspecified atom stereocenters. The van der Waals surface area contributed by atoms with Crippen LogP contribution in [0.3, 0.4) is 0 Å². The lowest BCUT2D eigenvalue weighted by Crippen LogP contribution is -2.57. The van der Waals surface area contributed by atoms with Gasteiger partial charge >= 0.3 is 0 Å². The number of nitrogens with zero attached hydrogens (tertiary/aromatic N) is 1. The molecular weight excluding hydrogens is 338 g/mol. The summed E-state index contributed by atoms with van der Waals surface area (Å²) >= 11 is 0. The van der Waals surface area contributed by atoms with E-state index in [9.17, 15) is 18.4 Å². The highest BCUT2D eigenvalue weighted by molar-refractivity contribution is 5.94. The minimum Gasteiger partial charge on any atom is -0.347 e. The van der Waals surface area contributed by atoms with E-state index in [1.165, 1.54) is 0 Å². The Bertz CT molecular complexity index is 709. The smallest absolute Gasteiger partial charge is 0.267 e. The summed E-state index contributed by atoms with van der Waals surface area (Å²) in [6.07, 6.45) is 3.48. The van der Waals surface area contributed by atoms with E-state index in [2.05, 4.69) is 5.32 Å². The van der Waals surface area contributed by atoms with Crippen LogP contribution in [-0.4, -0.2) is 41.8 Å². The van der Waals surface area contributed by atoms with Crippen molar-refractivity contribution in [1.29, 1.82) is 0 Å². The van der Waals surface area contributed by atoms with Gasteiger partial charge in [-0.05, 0) is 37.8 Å². The zero-order chi connectivity index (χ0) is 18.4. The van der Waals surface area contributed by atoms with Crippen LogP contribution in [-0.2, 0) is 4.79 Å². The molecule has 1 aliphatic heterocycles. The fourth-order valence-corrected chi connectivity index (χ4v) is 4.83. The topological polar surface area (TPSA) is 49.4 Å². The summed E-state index contributed by atoms with van der Waals surface area (Å²) in [6, 6.07) is 8.12. The fraction of sp³-hybridized carbons (Fsp3) is 0.600. The molecule has 3 aliphatic rings. The molecule has 0 bridgehead atoms. The second kappa shape index (κ2) is 6.32. The normalized spacial score (nSPS) is 32.5. The van der Waals surface area contributed by atoms with Gasteiger partial charge in [0.15, 0.2) is 0 Å². The number of amides is 2. The van der Waals surface area contributed by atoms with Gasteiger partial charge in [0.25, 0.3) is 11.8 Å². The van der Waals surface area contributed by atoms with Gasteiger partial charge in [-0.25, -0.2) is 8.78 Å². The molecule has 2 saturated carbocycles. The molecule has 3 fully saturated rings. The highest BCUT2D eigenvalue weighted by Gasteiger charge is 2.54. The maximum absolute atomic E-state index is 13.5. The van der Waals surface area contributed by atoms with Gasteiger partial charge in [0.2, 0.25) is 5.91 Å². The molecule has 1 spiro atoms. The van der Waals surface area contributed by atoms with Crippen molar-refractivity contribution in [3.63, 3.8) is 0 Å². The lowest BCUT2D eigenvalue weighted by molar-refractivity contribution is -0.142. The Labute approximate surface area is 151 Å². The molecule has 4 nitrogen and oxygen atoms in total. The van der Waals surface area contributed by atoms with Gasteiger partial charge in [0, 0.05) is 36.4 Å². The van der Waals surface area contributed by atoms with Crippen LogP contribution < -0.4 is 5.32 Å². The Morgan fingerprint density at radius 3 is 2.50 bits per heavy atom. The molecular formula is C20H24F2N2O2. The van der Waals surface area contributed by atoms with Crippen LogP contribution in [0.25, 0.3) is 0 Å². The van der Waals surface area contributed by atoms with Crippen LogP contribution in [0.15, 0.2) is 30.3 Å². The molecule has 1 aromatic carbocycles. The summed E-state index contributed by atoms with van der Waals surface area (Å²) in [4.78, 5) is 27.2.